The van der Waals surface area contributed by atoms with Crippen LogP contribution in [-0.4, -0.2) is 35.6 Å². The summed E-state index contributed by atoms with van der Waals surface area (Å²) in [4.78, 5) is 13.1. The monoisotopic (exact) mass is 169 g/mol. The zero-order chi connectivity index (χ0) is 8.55. The Morgan fingerprint density at radius 2 is 2.25 bits per heavy atom. The van der Waals surface area contributed by atoms with Crippen molar-refractivity contribution in [3.63, 3.8) is 0 Å². The standard InChI is InChI=1S/C9H15NO2/c11-9(12)8-4-7-2-1-3-10(5-7)6-8/h7-8H,1-6H2,(H,11,12)/t7?,8-/m0/s1. The normalized spacial score (nSPS) is 40.8. The molecule has 0 aromatic heterocycles. The van der Waals surface area contributed by atoms with E-state index >= 15 is 0 Å². The lowest BCUT2D eigenvalue weighted by Crippen LogP contribution is -2.46. The molecule has 3 heteroatoms. The third kappa shape index (κ3) is 1.46. The van der Waals surface area contributed by atoms with Crippen LogP contribution in [0.4, 0.5) is 0 Å². The summed E-state index contributed by atoms with van der Waals surface area (Å²) in [7, 11) is 0. The molecule has 2 fully saturated rings. The van der Waals surface area contributed by atoms with Gasteiger partial charge in [0.25, 0.3) is 0 Å². The van der Waals surface area contributed by atoms with E-state index in [9.17, 15) is 4.79 Å². The van der Waals surface area contributed by atoms with E-state index in [4.69, 9.17) is 5.11 Å². The van der Waals surface area contributed by atoms with Gasteiger partial charge in [0.1, 0.15) is 0 Å². The fraction of sp³-hybridized carbons (Fsp3) is 0.889. The number of carboxylic acid groups (broad SMARTS) is 1. The van der Waals surface area contributed by atoms with Crippen molar-refractivity contribution in [3.8, 4) is 0 Å². The third-order valence-corrected chi connectivity index (χ3v) is 3.05. The Labute approximate surface area is 72.4 Å². The molecule has 2 unspecified atom stereocenters. The van der Waals surface area contributed by atoms with Gasteiger partial charge in [-0.2, -0.15) is 0 Å². The van der Waals surface area contributed by atoms with Crippen molar-refractivity contribution < 1.29 is 9.90 Å². The summed E-state index contributed by atoms with van der Waals surface area (Å²) in [5, 5.41) is 8.87. The molecule has 0 amide bonds. The number of carbonyl (C=O) groups is 1. The molecule has 3 atom stereocenters. The average Bonchev–Trinajstić information content (AvgIpc) is 2.03. The average molecular weight is 169 g/mol. The lowest BCUT2D eigenvalue weighted by atomic mass is 9.83. The fourth-order valence-electron chi connectivity index (χ4n) is 2.48. The smallest absolute Gasteiger partial charge is 0.307 e. The summed E-state index contributed by atoms with van der Waals surface area (Å²) < 4.78 is 0. The summed E-state index contributed by atoms with van der Waals surface area (Å²) in [5.74, 6) is -0.0377. The summed E-state index contributed by atoms with van der Waals surface area (Å²) in [6, 6.07) is 0. The summed E-state index contributed by atoms with van der Waals surface area (Å²) in [6.45, 7) is 3.04. The van der Waals surface area contributed by atoms with Gasteiger partial charge in [-0.15, -0.1) is 0 Å². The quantitative estimate of drug-likeness (QED) is 0.631. The molecule has 2 heterocycles. The van der Waals surface area contributed by atoms with Crippen LogP contribution in [0.2, 0.25) is 0 Å². The first-order chi connectivity index (χ1) is 5.75. The minimum atomic E-state index is -0.605. The molecular weight excluding hydrogens is 154 g/mol. The second kappa shape index (κ2) is 3.05. The number of aliphatic carboxylic acids is 1. The molecule has 2 rings (SSSR count). The van der Waals surface area contributed by atoms with Crippen molar-refractivity contribution in [3.05, 3.63) is 0 Å². The lowest BCUT2D eigenvalue weighted by Gasteiger charge is -2.40. The van der Waals surface area contributed by atoms with E-state index in [1.165, 1.54) is 12.8 Å². The second-order valence-electron chi connectivity index (χ2n) is 4.04. The predicted molar refractivity (Wildman–Crippen MR) is 44.9 cm³/mol. The summed E-state index contributed by atoms with van der Waals surface area (Å²) in [6.07, 6.45) is 3.41. The van der Waals surface area contributed by atoms with Crippen molar-refractivity contribution in [1.82, 2.24) is 4.90 Å². The van der Waals surface area contributed by atoms with Crippen molar-refractivity contribution in [2.24, 2.45) is 11.8 Å². The maximum absolute atomic E-state index is 10.8. The van der Waals surface area contributed by atoms with E-state index < -0.39 is 5.97 Å². The van der Waals surface area contributed by atoms with Crippen LogP contribution in [-0.2, 0) is 4.79 Å². The van der Waals surface area contributed by atoms with Gasteiger partial charge < -0.3 is 10.0 Å². The van der Waals surface area contributed by atoms with Gasteiger partial charge in [-0.1, -0.05) is 0 Å². The molecular formula is C9H15NO2. The molecule has 0 saturated carbocycles. The van der Waals surface area contributed by atoms with Crippen LogP contribution in [0.1, 0.15) is 19.3 Å². The number of nitrogens with zero attached hydrogens (tertiary/aromatic N) is 1. The number of carboxylic acids is 1. The highest BCUT2D eigenvalue weighted by molar-refractivity contribution is 5.70. The number of fused-ring (bicyclic) bond motifs is 2. The maximum atomic E-state index is 10.8. The Kier molecular flexibility index (Phi) is 2.05. The number of hydrogen-bond acceptors (Lipinski definition) is 2. The van der Waals surface area contributed by atoms with Gasteiger partial charge in [0.2, 0.25) is 0 Å². The second-order valence-corrected chi connectivity index (χ2v) is 4.04. The largest absolute Gasteiger partial charge is 0.481 e. The molecule has 0 aliphatic carbocycles. The molecule has 1 N–H and O–H groups in total. The van der Waals surface area contributed by atoms with E-state index in [-0.39, 0.29) is 5.92 Å². The van der Waals surface area contributed by atoms with E-state index in [0.29, 0.717) is 5.92 Å². The third-order valence-electron chi connectivity index (χ3n) is 3.05. The van der Waals surface area contributed by atoms with Gasteiger partial charge in [-0.3, -0.25) is 4.79 Å². The number of piperidine rings is 2. The Morgan fingerprint density at radius 3 is 2.92 bits per heavy atom. The molecule has 12 heavy (non-hydrogen) atoms. The van der Waals surface area contributed by atoms with E-state index in [0.717, 1.165) is 26.1 Å². The first-order valence-electron chi connectivity index (χ1n) is 4.71. The molecule has 0 aromatic carbocycles. The molecule has 0 radical (unpaired) electrons. The number of rotatable bonds is 1. The fourth-order valence-corrected chi connectivity index (χ4v) is 2.48. The van der Waals surface area contributed by atoms with Crippen LogP contribution < -0.4 is 0 Å². The maximum Gasteiger partial charge on any atom is 0.307 e. The summed E-state index contributed by atoms with van der Waals surface area (Å²) in [5.41, 5.74) is 0. The van der Waals surface area contributed by atoms with E-state index in [1.807, 2.05) is 0 Å². The highest BCUT2D eigenvalue weighted by Crippen LogP contribution is 2.29. The van der Waals surface area contributed by atoms with Gasteiger partial charge >= 0.3 is 5.97 Å². The van der Waals surface area contributed by atoms with Crippen LogP contribution >= 0.6 is 0 Å². The van der Waals surface area contributed by atoms with Crippen LogP contribution in [0.15, 0.2) is 0 Å². The molecule has 0 spiro atoms. The lowest BCUT2D eigenvalue weighted by molar-refractivity contribution is -0.145. The van der Waals surface area contributed by atoms with Crippen LogP contribution in [0, 0.1) is 11.8 Å². The topological polar surface area (TPSA) is 40.5 Å². The molecule has 0 aromatic rings. The highest BCUT2D eigenvalue weighted by atomic mass is 16.4. The van der Waals surface area contributed by atoms with Crippen molar-refractivity contribution in [1.29, 1.82) is 0 Å². The molecule has 2 aliphatic rings. The molecule has 2 saturated heterocycles. The SMILES string of the molecule is O=C(O)[C@H]1CC2CCCN(C2)C1. The van der Waals surface area contributed by atoms with Crippen molar-refractivity contribution in [2.75, 3.05) is 19.6 Å². The zero-order valence-corrected chi connectivity index (χ0v) is 7.20. The minimum absolute atomic E-state index is 0.0935. The Bertz CT molecular complexity index is 181. The Morgan fingerprint density at radius 1 is 1.42 bits per heavy atom. The molecule has 2 aliphatic heterocycles. The predicted octanol–water partition coefficient (Wildman–Crippen LogP) is 0.803. The first-order valence-corrected chi connectivity index (χ1v) is 4.71. The Hall–Kier alpha value is -0.570. The van der Waals surface area contributed by atoms with Crippen LogP contribution in [0.5, 0.6) is 0 Å². The van der Waals surface area contributed by atoms with Gasteiger partial charge in [0.15, 0.2) is 0 Å². The summed E-state index contributed by atoms with van der Waals surface area (Å²) >= 11 is 0. The molecule has 68 valence electrons. The molecule has 3 nitrogen and oxygen atoms in total. The first kappa shape index (κ1) is 8.05. The van der Waals surface area contributed by atoms with Crippen LogP contribution in [0.3, 0.4) is 0 Å². The van der Waals surface area contributed by atoms with Gasteiger partial charge in [0.05, 0.1) is 5.92 Å². The van der Waals surface area contributed by atoms with Crippen molar-refractivity contribution in [2.45, 2.75) is 19.3 Å². The van der Waals surface area contributed by atoms with Crippen molar-refractivity contribution >= 4 is 5.97 Å². The van der Waals surface area contributed by atoms with Crippen LogP contribution in [0.25, 0.3) is 0 Å². The highest BCUT2D eigenvalue weighted by Gasteiger charge is 2.33. The molecule has 2 bridgehead atoms. The van der Waals surface area contributed by atoms with Gasteiger partial charge in [0, 0.05) is 13.1 Å². The minimum Gasteiger partial charge on any atom is -0.481 e. The van der Waals surface area contributed by atoms with E-state index in [2.05, 4.69) is 4.90 Å². The van der Waals surface area contributed by atoms with E-state index in [1.54, 1.807) is 0 Å². The van der Waals surface area contributed by atoms with Gasteiger partial charge in [-0.05, 0) is 31.7 Å². The Balaban J connectivity index is 2.00. The number of hydrogen-bond donors (Lipinski definition) is 1. The zero-order valence-electron chi connectivity index (χ0n) is 7.20. The van der Waals surface area contributed by atoms with Gasteiger partial charge in [-0.25, -0.2) is 0 Å².